The Morgan fingerprint density at radius 2 is 1.83 bits per heavy atom. The maximum Gasteiger partial charge on any atom is 0.255 e. The highest BCUT2D eigenvalue weighted by molar-refractivity contribution is 6.31. The van der Waals surface area contributed by atoms with Gasteiger partial charge in [-0.1, -0.05) is 17.7 Å². The van der Waals surface area contributed by atoms with E-state index in [1.807, 2.05) is 13.0 Å². The molecule has 0 bridgehead atoms. The molecular formula is C14H13ClN2O. The molecule has 1 amide bonds. The summed E-state index contributed by atoms with van der Waals surface area (Å²) in [5.74, 6) is -0.193. The SMILES string of the molecule is Cc1ccc(C(=O)Nc2ccc(N)cc2)cc1Cl. The molecule has 0 spiro atoms. The molecule has 92 valence electrons. The number of carbonyl (C=O) groups is 1. The van der Waals surface area contributed by atoms with Crippen molar-refractivity contribution in [2.24, 2.45) is 0 Å². The van der Waals surface area contributed by atoms with E-state index in [4.69, 9.17) is 17.3 Å². The maximum absolute atomic E-state index is 12.0. The smallest absolute Gasteiger partial charge is 0.255 e. The summed E-state index contributed by atoms with van der Waals surface area (Å²) in [7, 11) is 0. The average molecular weight is 261 g/mol. The number of hydrogen-bond acceptors (Lipinski definition) is 2. The molecule has 0 aliphatic carbocycles. The Morgan fingerprint density at radius 3 is 2.44 bits per heavy atom. The second-order valence-corrected chi connectivity index (χ2v) is 4.45. The van der Waals surface area contributed by atoms with Crippen LogP contribution in [0.5, 0.6) is 0 Å². The van der Waals surface area contributed by atoms with Crippen LogP contribution < -0.4 is 11.1 Å². The lowest BCUT2D eigenvalue weighted by Crippen LogP contribution is -2.11. The van der Waals surface area contributed by atoms with Crippen molar-refractivity contribution in [3.05, 3.63) is 58.6 Å². The van der Waals surface area contributed by atoms with Gasteiger partial charge in [-0.25, -0.2) is 0 Å². The lowest BCUT2D eigenvalue weighted by atomic mass is 10.1. The van der Waals surface area contributed by atoms with E-state index in [0.717, 1.165) is 5.56 Å². The molecule has 2 rings (SSSR count). The first-order valence-electron chi connectivity index (χ1n) is 5.49. The van der Waals surface area contributed by atoms with Crippen molar-refractivity contribution < 1.29 is 4.79 Å². The minimum atomic E-state index is -0.193. The molecule has 0 saturated heterocycles. The lowest BCUT2D eigenvalue weighted by Gasteiger charge is -2.06. The monoisotopic (exact) mass is 260 g/mol. The zero-order valence-corrected chi connectivity index (χ0v) is 10.7. The third kappa shape index (κ3) is 2.81. The molecular weight excluding hydrogens is 248 g/mol. The number of rotatable bonds is 2. The number of nitrogens with two attached hydrogens (primary N) is 1. The first kappa shape index (κ1) is 12.5. The summed E-state index contributed by atoms with van der Waals surface area (Å²) in [5.41, 5.74) is 8.41. The van der Waals surface area contributed by atoms with Gasteiger partial charge in [0.25, 0.3) is 5.91 Å². The number of hydrogen-bond donors (Lipinski definition) is 2. The van der Waals surface area contributed by atoms with Gasteiger partial charge in [0.1, 0.15) is 0 Å². The highest BCUT2D eigenvalue weighted by atomic mass is 35.5. The molecule has 0 radical (unpaired) electrons. The van der Waals surface area contributed by atoms with Gasteiger partial charge in [-0.15, -0.1) is 0 Å². The Balaban J connectivity index is 2.16. The molecule has 2 aromatic rings. The Morgan fingerprint density at radius 1 is 1.17 bits per heavy atom. The third-order valence-electron chi connectivity index (χ3n) is 2.60. The zero-order valence-electron chi connectivity index (χ0n) is 9.91. The second kappa shape index (κ2) is 5.10. The number of nitrogen functional groups attached to an aromatic ring is 1. The van der Waals surface area contributed by atoms with Crippen molar-refractivity contribution >= 4 is 28.9 Å². The number of anilines is 2. The van der Waals surface area contributed by atoms with E-state index >= 15 is 0 Å². The molecule has 0 fully saturated rings. The quantitative estimate of drug-likeness (QED) is 0.812. The van der Waals surface area contributed by atoms with Crippen LogP contribution in [0.2, 0.25) is 5.02 Å². The normalized spacial score (nSPS) is 10.1. The number of nitrogens with one attached hydrogen (secondary N) is 1. The van der Waals surface area contributed by atoms with Crippen LogP contribution in [0.4, 0.5) is 11.4 Å². The van der Waals surface area contributed by atoms with Crippen LogP contribution in [0.3, 0.4) is 0 Å². The molecule has 0 heterocycles. The summed E-state index contributed by atoms with van der Waals surface area (Å²) in [4.78, 5) is 12.0. The second-order valence-electron chi connectivity index (χ2n) is 4.04. The standard InChI is InChI=1S/C14H13ClN2O/c1-9-2-3-10(8-13(9)15)14(18)17-12-6-4-11(16)5-7-12/h2-8H,16H2,1H3,(H,17,18). The minimum absolute atomic E-state index is 0.193. The summed E-state index contributed by atoms with van der Waals surface area (Å²) < 4.78 is 0. The molecule has 0 unspecified atom stereocenters. The molecule has 4 heteroatoms. The highest BCUT2D eigenvalue weighted by Gasteiger charge is 2.07. The van der Waals surface area contributed by atoms with Crippen molar-refractivity contribution in [1.29, 1.82) is 0 Å². The van der Waals surface area contributed by atoms with Gasteiger partial charge in [0.2, 0.25) is 0 Å². The fourth-order valence-corrected chi connectivity index (χ4v) is 1.68. The van der Waals surface area contributed by atoms with Crippen LogP contribution >= 0.6 is 11.6 Å². The average Bonchev–Trinajstić information content (AvgIpc) is 2.35. The Bertz CT molecular complexity index is 579. The summed E-state index contributed by atoms with van der Waals surface area (Å²) in [6, 6.07) is 12.2. The van der Waals surface area contributed by atoms with Gasteiger partial charge in [0.05, 0.1) is 0 Å². The van der Waals surface area contributed by atoms with Crippen LogP contribution in [0.25, 0.3) is 0 Å². The summed E-state index contributed by atoms with van der Waals surface area (Å²) in [6.07, 6.45) is 0. The topological polar surface area (TPSA) is 55.1 Å². The number of amides is 1. The van der Waals surface area contributed by atoms with Gasteiger partial charge in [0, 0.05) is 22.0 Å². The number of benzene rings is 2. The Hall–Kier alpha value is -2.00. The van der Waals surface area contributed by atoms with E-state index in [2.05, 4.69) is 5.32 Å². The fraction of sp³-hybridized carbons (Fsp3) is 0.0714. The molecule has 3 nitrogen and oxygen atoms in total. The first-order chi connectivity index (χ1) is 8.56. The number of carbonyl (C=O) groups excluding carboxylic acids is 1. The first-order valence-corrected chi connectivity index (χ1v) is 5.87. The van der Waals surface area contributed by atoms with Crippen molar-refractivity contribution in [2.75, 3.05) is 11.1 Å². The van der Waals surface area contributed by atoms with Gasteiger partial charge in [-0.05, 0) is 48.9 Å². The Kier molecular flexibility index (Phi) is 3.53. The van der Waals surface area contributed by atoms with E-state index in [0.29, 0.717) is 22.0 Å². The number of halogens is 1. The van der Waals surface area contributed by atoms with E-state index in [9.17, 15) is 4.79 Å². The summed E-state index contributed by atoms with van der Waals surface area (Å²) in [6.45, 7) is 1.89. The van der Waals surface area contributed by atoms with E-state index in [1.54, 1.807) is 36.4 Å². The van der Waals surface area contributed by atoms with Gasteiger partial charge in [-0.3, -0.25) is 4.79 Å². The fourth-order valence-electron chi connectivity index (χ4n) is 1.50. The van der Waals surface area contributed by atoms with Crippen LogP contribution in [-0.4, -0.2) is 5.91 Å². The van der Waals surface area contributed by atoms with Crippen LogP contribution in [0.15, 0.2) is 42.5 Å². The van der Waals surface area contributed by atoms with Crippen LogP contribution in [0.1, 0.15) is 15.9 Å². The molecule has 0 atom stereocenters. The minimum Gasteiger partial charge on any atom is -0.399 e. The molecule has 3 N–H and O–H groups in total. The van der Waals surface area contributed by atoms with Gasteiger partial charge in [-0.2, -0.15) is 0 Å². The largest absolute Gasteiger partial charge is 0.399 e. The van der Waals surface area contributed by atoms with Crippen molar-refractivity contribution in [3.63, 3.8) is 0 Å². The van der Waals surface area contributed by atoms with Gasteiger partial charge >= 0.3 is 0 Å². The summed E-state index contributed by atoms with van der Waals surface area (Å²) in [5, 5.41) is 3.36. The maximum atomic E-state index is 12.0. The van der Waals surface area contributed by atoms with Crippen LogP contribution in [0, 0.1) is 6.92 Å². The van der Waals surface area contributed by atoms with E-state index in [-0.39, 0.29) is 5.91 Å². The number of aryl methyl sites for hydroxylation is 1. The van der Waals surface area contributed by atoms with Gasteiger partial charge < -0.3 is 11.1 Å². The van der Waals surface area contributed by atoms with Gasteiger partial charge in [0.15, 0.2) is 0 Å². The third-order valence-corrected chi connectivity index (χ3v) is 3.01. The van der Waals surface area contributed by atoms with Crippen molar-refractivity contribution in [1.82, 2.24) is 0 Å². The molecule has 2 aromatic carbocycles. The van der Waals surface area contributed by atoms with Crippen molar-refractivity contribution in [2.45, 2.75) is 6.92 Å². The molecule has 0 aliphatic rings. The predicted octanol–water partition coefficient (Wildman–Crippen LogP) is 3.48. The molecule has 18 heavy (non-hydrogen) atoms. The Labute approximate surface area is 111 Å². The van der Waals surface area contributed by atoms with Crippen LogP contribution in [-0.2, 0) is 0 Å². The lowest BCUT2D eigenvalue weighted by molar-refractivity contribution is 0.102. The van der Waals surface area contributed by atoms with E-state index in [1.165, 1.54) is 0 Å². The van der Waals surface area contributed by atoms with E-state index < -0.39 is 0 Å². The molecule has 0 aliphatic heterocycles. The van der Waals surface area contributed by atoms with Crippen molar-refractivity contribution in [3.8, 4) is 0 Å². The zero-order chi connectivity index (χ0) is 13.1. The molecule has 0 aromatic heterocycles. The predicted molar refractivity (Wildman–Crippen MR) is 75.0 cm³/mol. The summed E-state index contributed by atoms with van der Waals surface area (Å²) >= 11 is 5.99. The highest BCUT2D eigenvalue weighted by Crippen LogP contribution is 2.18. The molecule has 0 saturated carbocycles.